The molecule has 0 fully saturated rings. The van der Waals surface area contributed by atoms with Gasteiger partial charge in [0.2, 0.25) is 0 Å². The monoisotopic (exact) mass is 360 g/mol. The lowest BCUT2D eigenvalue weighted by molar-refractivity contribution is -0.126. The highest BCUT2D eigenvalue weighted by molar-refractivity contribution is 6.00. The van der Waals surface area contributed by atoms with Crippen LogP contribution in [0.3, 0.4) is 0 Å². The molecule has 2 aromatic rings. The van der Waals surface area contributed by atoms with Crippen molar-refractivity contribution in [3.63, 3.8) is 0 Å². The Morgan fingerprint density at radius 1 is 1.04 bits per heavy atom. The third-order valence-electron chi connectivity index (χ3n) is 4.22. The van der Waals surface area contributed by atoms with E-state index in [0.717, 1.165) is 30.0 Å². The maximum absolute atomic E-state index is 13.0. The first kappa shape index (κ1) is 19.3. The minimum absolute atomic E-state index is 0. The van der Waals surface area contributed by atoms with Gasteiger partial charge in [-0.05, 0) is 44.8 Å². The van der Waals surface area contributed by atoms with E-state index < -0.39 is 6.10 Å². The Morgan fingerprint density at radius 3 is 2.44 bits per heavy atom. The van der Waals surface area contributed by atoms with Crippen molar-refractivity contribution in [2.24, 2.45) is 0 Å². The Kier molecular flexibility index (Phi) is 6.85. The zero-order valence-electron chi connectivity index (χ0n) is 14.7. The molecule has 1 heterocycles. The lowest BCUT2D eigenvalue weighted by atomic mass is 10.0. The predicted molar refractivity (Wildman–Crippen MR) is 104 cm³/mol. The molecule has 1 aliphatic rings. The van der Waals surface area contributed by atoms with Crippen molar-refractivity contribution < 1.29 is 9.53 Å². The van der Waals surface area contributed by atoms with Gasteiger partial charge in [0.25, 0.3) is 5.91 Å². The van der Waals surface area contributed by atoms with Gasteiger partial charge in [0.15, 0.2) is 6.10 Å². The van der Waals surface area contributed by atoms with Crippen LogP contribution in [0.4, 0.5) is 5.69 Å². The van der Waals surface area contributed by atoms with Gasteiger partial charge in [-0.25, -0.2) is 0 Å². The number of carbonyl (C=O) groups is 1. The molecular weight excluding hydrogens is 336 g/mol. The molecular formula is C20H25ClN2O2. The summed E-state index contributed by atoms with van der Waals surface area (Å²) in [6.45, 7) is 1.67. The first-order valence-electron chi connectivity index (χ1n) is 8.41. The van der Waals surface area contributed by atoms with Gasteiger partial charge in [0, 0.05) is 13.0 Å². The van der Waals surface area contributed by atoms with Crippen molar-refractivity contribution in [1.82, 2.24) is 4.90 Å². The van der Waals surface area contributed by atoms with Crippen molar-refractivity contribution >= 4 is 24.0 Å². The Balaban J connectivity index is 0.00000225. The molecule has 25 heavy (non-hydrogen) atoms. The highest BCUT2D eigenvalue weighted by Gasteiger charge is 2.33. The molecule has 134 valence electrons. The molecule has 0 saturated carbocycles. The van der Waals surface area contributed by atoms with Crippen molar-refractivity contribution in [2.75, 3.05) is 32.1 Å². The lowest BCUT2D eigenvalue weighted by Crippen LogP contribution is -2.47. The van der Waals surface area contributed by atoms with E-state index >= 15 is 0 Å². The standard InChI is InChI=1S/C20H24N2O2.ClH/c1-21(2)13-8-14-22-17-11-6-7-12-18(17)24-19(20(22)23)15-16-9-4-3-5-10-16;/h3-7,9-12,19H,8,13-15H2,1-2H3;1H. The second-order valence-corrected chi connectivity index (χ2v) is 6.41. The van der Waals surface area contributed by atoms with E-state index in [-0.39, 0.29) is 18.3 Å². The van der Waals surface area contributed by atoms with Gasteiger partial charge < -0.3 is 14.5 Å². The largest absolute Gasteiger partial charge is 0.478 e. The van der Waals surface area contributed by atoms with E-state index in [0.29, 0.717) is 13.0 Å². The topological polar surface area (TPSA) is 32.8 Å². The lowest BCUT2D eigenvalue weighted by Gasteiger charge is -2.34. The second-order valence-electron chi connectivity index (χ2n) is 6.41. The molecule has 2 aromatic carbocycles. The third-order valence-corrected chi connectivity index (χ3v) is 4.22. The van der Waals surface area contributed by atoms with Crippen LogP contribution in [0.5, 0.6) is 5.75 Å². The summed E-state index contributed by atoms with van der Waals surface area (Å²) in [7, 11) is 4.10. The fourth-order valence-electron chi connectivity index (χ4n) is 3.01. The van der Waals surface area contributed by atoms with Gasteiger partial charge in [-0.1, -0.05) is 42.5 Å². The van der Waals surface area contributed by atoms with Gasteiger partial charge >= 0.3 is 0 Å². The molecule has 0 bridgehead atoms. The number of nitrogens with zero attached hydrogens (tertiary/aromatic N) is 2. The Morgan fingerprint density at radius 2 is 1.72 bits per heavy atom. The van der Waals surface area contributed by atoms with E-state index in [1.165, 1.54) is 0 Å². The van der Waals surface area contributed by atoms with Crippen LogP contribution in [-0.4, -0.2) is 44.1 Å². The summed E-state index contributed by atoms with van der Waals surface area (Å²) in [6.07, 6.45) is 1.07. The van der Waals surface area contributed by atoms with Crippen molar-refractivity contribution in [1.29, 1.82) is 0 Å². The number of anilines is 1. The zero-order valence-corrected chi connectivity index (χ0v) is 15.5. The number of hydrogen-bond acceptors (Lipinski definition) is 3. The summed E-state index contributed by atoms with van der Waals surface area (Å²) in [6, 6.07) is 17.8. The number of fused-ring (bicyclic) bond motifs is 1. The summed E-state index contributed by atoms with van der Waals surface area (Å²) >= 11 is 0. The number of amides is 1. The number of halogens is 1. The van der Waals surface area contributed by atoms with Crippen LogP contribution in [0, 0.1) is 0 Å². The molecule has 0 N–H and O–H groups in total. The normalized spacial score (nSPS) is 16.2. The molecule has 0 aromatic heterocycles. The van der Waals surface area contributed by atoms with Crippen LogP contribution in [-0.2, 0) is 11.2 Å². The van der Waals surface area contributed by atoms with Gasteiger partial charge in [0.05, 0.1) is 5.69 Å². The first-order valence-corrected chi connectivity index (χ1v) is 8.41. The molecule has 5 heteroatoms. The number of benzene rings is 2. The zero-order chi connectivity index (χ0) is 16.9. The SMILES string of the molecule is CN(C)CCCN1C(=O)C(Cc2ccccc2)Oc2ccccc21.Cl. The third kappa shape index (κ3) is 4.74. The van der Waals surface area contributed by atoms with Crippen molar-refractivity contribution in [2.45, 2.75) is 18.9 Å². The highest BCUT2D eigenvalue weighted by Crippen LogP contribution is 2.34. The molecule has 0 aliphatic carbocycles. The van der Waals surface area contributed by atoms with E-state index in [9.17, 15) is 4.79 Å². The second kappa shape index (κ2) is 8.88. The van der Waals surface area contributed by atoms with Crippen LogP contribution >= 0.6 is 12.4 Å². The fourth-order valence-corrected chi connectivity index (χ4v) is 3.01. The number of ether oxygens (including phenoxy) is 1. The minimum Gasteiger partial charge on any atom is -0.478 e. The molecule has 0 radical (unpaired) electrons. The molecule has 0 spiro atoms. The quantitative estimate of drug-likeness (QED) is 0.791. The Labute approximate surface area is 155 Å². The molecule has 4 nitrogen and oxygen atoms in total. The number of rotatable bonds is 6. The highest BCUT2D eigenvalue weighted by atomic mass is 35.5. The van der Waals surface area contributed by atoms with Gasteiger partial charge in [0.1, 0.15) is 5.75 Å². The molecule has 3 rings (SSSR count). The summed E-state index contributed by atoms with van der Waals surface area (Å²) in [5, 5.41) is 0. The predicted octanol–water partition coefficient (Wildman–Crippen LogP) is 3.40. The molecule has 1 atom stereocenters. The van der Waals surface area contributed by atoms with Crippen molar-refractivity contribution in [3.8, 4) is 5.75 Å². The van der Waals surface area contributed by atoms with Crippen LogP contribution in [0.1, 0.15) is 12.0 Å². The minimum atomic E-state index is -0.457. The number of carbonyl (C=O) groups excluding carboxylic acids is 1. The van der Waals surface area contributed by atoms with E-state index in [1.54, 1.807) is 0 Å². The average Bonchev–Trinajstić information content (AvgIpc) is 2.58. The Bertz CT molecular complexity index is 691. The molecule has 1 unspecified atom stereocenters. The Hall–Kier alpha value is -2.04. The molecule has 1 amide bonds. The number of hydrogen-bond donors (Lipinski definition) is 0. The summed E-state index contributed by atoms with van der Waals surface area (Å²) in [4.78, 5) is 17.0. The molecule has 0 saturated heterocycles. The van der Waals surface area contributed by atoms with E-state index in [1.807, 2.05) is 73.6 Å². The maximum atomic E-state index is 13.0. The first-order chi connectivity index (χ1) is 11.6. The van der Waals surface area contributed by atoms with Crippen LogP contribution in [0.15, 0.2) is 54.6 Å². The summed E-state index contributed by atoms with van der Waals surface area (Å²) in [5.41, 5.74) is 1.99. The van der Waals surface area contributed by atoms with E-state index in [2.05, 4.69) is 4.90 Å². The average molecular weight is 361 g/mol. The van der Waals surface area contributed by atoms with E-state index in [4.69, 9.17) is 4.74 Å². The smallest absolute Gasteiger partial charge is 0.268 e. The summed E-state index contributed by atoms with van der Waals surface area (Å²) in [5.74, 6) is 0.846. The maximum Gasteiger partial charge on any atom is 0.268 e. The number of para-hydroxylation sites is 2. The summed E-state index contributed by atoms with van der Waals surface area (Å²) < 4.78 is 6.00. The van der Waals surface area contributed by atoms with Gasteiger partial charge in [-0.15, -0.1) is 12.4 Å². The van der Waals surface area contributed by atoms with Gasteiger partial charge in [-0.3, -0.25) is 4.79 Å². The van der Waals surface area contributed by atoms with Crippen LogP contribution < -0.4 is 9.64 Å². The molecule has 1 aliphatic heterocycles. The fraction of sp³-hybridized carbons (Fsp3) is 0.350. The van der Waals surface area contributed by atoms with Crippen molar-refractivity contribution in [3.05, 3.63) is 60.2 Å². The van der Waals surface area contributed by atoms with Gasteiger partial charge in [-0.2, -0.15) is 0 Å². The van der Waals surface area contributed by atoms with Crippen LogP contribution in [0.25, 0.3) is 0 Å². The van der Waals surface area contributed by atoms with Crippen LogP contribution in [0.2, 0.25) is 0 Å².